The van der Waals surface area contributed by atoms with Gasteiger partial charge in [-0.2, -0.15) is 0 Å². The molecule has 0 saturated carbocycles. The quantitative estimate of drug-likeness (QED) is 0.743. The van der Waals surface area contributed by atoms with E-state index in [-0.39, 0.29) is 5.56 Å². The van der Waals surface area contributed by atoms with Crippen molar-refractivity contribution in [1.82, 2.24) is 9.55 Å². The second-order valence-electron chi connectivity index (χ2n) is 5.14. The molecule has 0 N–H and O–H groups in total. The van der Waals surface area contributed by atoms with Crippen LogP contribution in [0.2, 0.25) is 0 Å². The van der Waals surface area contributed by atoms with Crippen LogP contribution in [0.3, 0.4) is 0 Å². The van der Waals surface area contributed by atoms with Gasteiger partial charge in [-0.15, -0.1) is 0 Å². The van der Waals surface area contributed by atoms with Crippen LogP contribution in [0.5, 0.6) is 11.5 Å². The van der Waals surface area contributed by atoms with Crippen molar-refractivity contribution in [1.29, 1.82) is 0 Å². The Kier molecular flexibility index (Phi) is 4.02. The highest BCUT2D eigenvalue weighted by molar-refractivity contribution is 5.83. The molecule has 3 rings (SSSR count). The topological polar surface area (TPSA) is 53.4 Å². The minimum Gasteiger partial charge on any atom is -0.497 e. The van der Waals surface area contributed by atoms with E-state index in [4.69, 9.17) is 9.47 Å². The zero-order valence-corrected chi connectivity index (χ0v) is 13.4. The van der Waals surface area contributed by atoms with Gasteiger partial charge in [-0.1, -0.05) is 0 Å². The standard InChI is InChI=1S/C18H18N2O3/c1-4-20-17-5-6-19-11-13(17)9-16(18(20)21)12-7-14(22-2)10-15(8-12)23-3/h5-11H,4H2,1-3H3. The molecule has 0 unspecified atom stereocenters. The molecule has 3 aromatic rings. The van der Waals surface area contributed by atoms with E-state index in [1.165, 1.54) is 0 Å². The fourth-order valence-corrected chi connectivity index (χ4v) is 2.71. The second kappa shape index (κ2) is 6.12. The van der Waals surface area contributed by atoms with Crippen LogP contribution in [-0.4, -0.2) is 23.8 Å². The largest absolute Gasteiger partial charge is 0.497 e. The van der Waals surface area contributed by atoms with Gasteiger partial charge in [-0.05, 0) is 36.8 Å². The first kappa shape index (κ1) is 15.1. The first-order valence-corrected chi connectivity index (χ1v) is 7.39. The summed E-state index contributed by atoms with van der Waals surface area (Å²) in [6, 6.07) is 9.18. The number of ether oxygens (including phenoxy) is 2. The highest BCUT2D eigenvalue weighted by Crippen LogP contribution is 2.29. The summed E-state index contributed by atoms with van der Waals surface area (Å²) >= 11 is 0. The molecule has 5 heteroatoms. The van der Waals surface area contributed by atoms with Gasteiger partial charge in [0, 0.05) is 36.0 Å². The van der Waals surface area contributed by atoms with Crippen LogP contribution in [0.25, 0.3) is 22.0 Å². The lowest BCUT2D eigenvalue weighted by atomic mass is 10.0. The van der Waals surface area contributed by atoms with Crippen LogP contribution >= 0.6 is 0 Å². The smallest absolute Gasteiger partial charge is 0.258 e. The second-order valence-corrected chi connectivity index (χ2v) is 5.14. The molecule has 23 heavy (non-hydrogen) atoms. The van der Waals surface area contributed by atoms with Crippen LogP contribution in [0.15, 0.2) is 47.5 Å². The predicted molar refractivity (Wildman–Crippen MR) is 90.2 cm³/mol. The van der Waals surface area contributed by atoms with Crippen LogP contribution in [0.1, 0.15) is 6.92 Å². The third-order valence-electron chi connectivity index (χ3n) is 3.87. The molecule has 0 saturated heterocycles. The maximum absolute atomic E-state index is 12.9. The minimum atomic E-state index is -0.0403. The molecule has 5 nitrogen and oxygen atoms in total. The van der Waals surface area contributed by atoms with E-state index in [0.29, 0.717) is 23.6 Å². The number of nitrogens with zero attached hydrogens (tertiary/aromatic N) is 2. The highest BCUT2D eigenvalue weighted by Gasteiger charge is 2.12. The molecule has 118 valence electrons. The Balaban J connectivity index is 2.32. The lowest BCUT2D eigenvalue weighted by Crippen LogP contribution is -2.21. The number of methoxy groups -OCH3 is 2. The molecule has 2 heterocycles. The van der Waals surface area contributed by atoms with E-state index in [1.54, 1.807) is 37.2 Å². The van der Waals surface area contributed by atoms with Gasteiger partial charge in [0.15, 0.2) is 0 Å². The Labute approximate surface area is 134 Å². The number of aryl methyl sites for hydroxylation is 1. The molecule has 0 bridgehead atoms. The van der Waals surface area contributed by atoms with Gasteiger partial charge in [-0.25, -0.2) is 0 Å². The van der Waals surface area contributed by atoms with Gasteiger partial charge in [0.2, 0.25) is 0 Å². The minimum absolute atomic E-state index is 0.0403. The predicted octanol–water partition coefficient (Wildman–Crippen LogP) is 3.10. The summed E-state index contributed by atoms with van der Waals surface area (Å²) in [6.07, 6.45) is 3.46. The van der Waals surface area contributed by atoms with Gasteiger partial charge in [0.05, 0.1) is 19.7 Å². The average Bonchev–Trinajstić information content (AvgIpc) is 2.60. The summed E-state index contributed by atoms with van der Waals surface area (Å²) in [7, 11) is 3.18. The first-order chi connectivity index (χ1) is 11.2. The van der Waals surface area contributed by atoms with Crippen molar-refractivity contribution in [2.45, 2.75) is 13.5 Å². The van der Waals surface area contributed by atoms with Crippen LogP contribution in [0.4, 0.5) is 0 Å². The number of hydrogen-bond acceptors (Lipinski definition) is 4. The van der Waals surface area contributed by atoms with Crippen molar-refractivity contribution in [2.75, 3.05) is 14.2 Å². The van der Waals surface area contributed by atoms with Crippen LogP contribution in [0, 0.1) is 0 Å². The Hall–Kier alpha value is -2.82. The Morgan fingerprint density at radius 1 is 1.09 bits per heavy atom. The van der Waals surface area contributed by atoms with E-state index in [1.807, 2.05) is 31.2 Å². The first-order valence-electron chi connectivity index (χ1n) is 7.39. The van der Waals surface area contributed by atoms with Crippen molar-refractivity contribution < 1.29 is 9.47 Å². The molecule has 0 aliphatic rings. The fraction of sp³-hybridized carbons (Fsp3) is 0.222. The summed E-state index contributed by atoms with van der Waals surface area (Å²) in [5.74, 6) is 1.29. The Morgan fingerprint density at radius 2 is 1.78 bits per heavy atom. The SMILES string of the molecule is CCn1c(=O)c(-c2cc(OC)cc(OC)c2)cc2cnccc21. The normalized spacial score (nSPS) is 10.7. The van der Waals surface area contributed by atoms with Crippen molar-refractivity contribution in [2.24, 2.45) is 0 Å². The number of fused-ring (bicyclic) bond motifs is 1. The van der Waals surface area contributed by atoms with E-state index < -0.39 is 0 Å². The van der Waals surface area contributed by atoms with Crippen molar-refractivity contribution >= 4 is 10.9 Å². The lowest BCUT2D eigenvalue weighted by Gasteiger charge is -2.12. The third-order valence-corrected chi connectivity index (χ3v) is 3.87. The summed E-state index contributed by atoms with van der Waals surface area (Å²) < 4.78 is 12.4. The van der Waals surface area contributed by atoms with Gasteiger partial charge >= 0.3 is 0 Å². The molecule has 0 spiro atoms. The number of pyridine rings is 2. The maximum atomic E-state index is 12.9. The molecule has 0 aliphatic heterocycles. The number of hydrogen-bond donors (Lipinski definition) is 0. The molecule has 1 aromatic carbocycles. The number of aromatic nitrogens is 2. The number of benzene rings is 1. The lowest BCUT2D eigenvalue weighted by molar-refractivity contribution is 0.394. The zero-order valence-electron chi connectivity index (χ0n) is 13.4. The van der Waals surface area contributed by atoms with Gasteiger partial charge < -0.3 is 14.0 Å². The molecule has 0 aliphatic carbocycles. The molecule has 0 radical (unpaired) electrons. The molecule has 0 amide bonds. The summed E-state index contributed by atoms with van der Waals surface area (Å²) in [5.41, 5.74) is 2.20. The highest BCUT2D eigenvalue weighted by atomic mass is 16.5. The monoisotopic (exact) mass is 310 g/mol. The van der Waals surface area contributed by atoms with E-state index >= 15 is 0 Å². The summed E-state index contributed by atoms with van der Waals surface area (Å²) in [6.45, 7) is 2.55. The molecule has 2 aromatic heterocycles. The Bertz CT molecular complexity index is 894. The van der Waals surface area contributed by atoms with Crippen molar-refractivity contribution in [3.8, 4) is 22.6 Å². The van der Waals surface area contributed by atoms with Gasteiger partial charge in [0.1, 0.15) is 11.5 Å². The van der Waals surface area contributed by atoms with Crippen molar-refractivity contribution in [3.05, 3.63) is 53.1 Å². The molecular formula is C18H18N2O3. The zero-order chi connectivity index (χ0) is 16.4. The van der Waals surface area contributed by atoms with Gasteiger partial charge in [-0.3, -0.25) is 9.78 Å². The van der Waals surface area contributed by atoms with Gasteiger partial charge in [0.25, 0.3) is 5.56 Å². The third kappa shape index (κ3) is 2.65. The van der Waals surface area contributed by atoms with Crippen molar-refractivity contribution in [3.63, 3.8) is 0 Å². The van der Waals surface area contributed by atoms with Crippen LogP contribution in [-0.2, 0) is 6.54 Å². The average molecular weight is 310 g/mol. The molecular weight excluding hydrogens is 292 g/mol. The van der Waals surface area contributed by atoms with E-state index in [2.05, 4.69) is 4.98 Å². The molecule has 0 atom stereocenters. The summed E-state index contributed by atoms with van der Waals surface area (Å²) in [4.78, 5) is 17.0. The van der Waals surface area contributed by atoms with Crippen LogP contribution < -0.4 is 15.0 Å². The summed E-state index contributed by atoms with van der Waals surface area (Å²) in [5, 5.41) is 0.922. The van der Waals surface area contributed by atoms with E-state index in [9.17, 15) is 4.79 Å². The maximum Gasteiger partial charge on any atom is 0.258 e. The molecule has 0 fully saturated rings. The Morgan fingerprint density at radius 3 is 2.39 bits per heavy atom. The fourth-order valence-electron chi connectivity index (χ4n) is 2.71. The van der Waals surface area contributed by atoms with E-state index in [0.717, 1.165) is 16.5 Å². The number of rotatable bonds is 4.